The van der Waals surface area contributed by atoms with Crippen LogP contribution in [-0.2, 0) is 16.0 Å². The monoisotopic (exact) mass is 345 g/mol. The number of nitrogens with zero attached hydrogens (tertiary/aromatic N) is 1. The van der Waals surface area contributed by atoms with E-state index in [-0.39, 0.29) is 30.9 Å². The van der Waals surface area contributed by atoms with Crippen LogP contribution in [0.1, 0.15) is 45.1 Å². The van der Waals surface area contributed by atoms with Crippen molar-refractivity contribution in [1.29, 1.82) is 0 Å². The Kier molecular flexibility index (Phi) is 7.44. The fourth-order valence-corrected chi connectivity index (χ4v) is 3.47. The van der Waals surface area contributed by atoms with Crippen molar-refractivity contribution < 1.29 is 9.59 Å². The van der Waals surface area contributed by atoms with Crippen molar-refractivity contribution in [2.24, 2.45) is 5.92 Å². The predicted octanol–water partition coefficient (Wildman–Crippen LogP) is 2.81. The van der Waals surface area contributed by atoms with Crippen LogP contribution in [0.3, 0.4) is 0 Å². The Morgan fingerprint density at radius 3 is 2.52 bits per heavy atom. The third kappa shape index (κ3) is 6.16. The van der Waals surface area contributed by atoms with Gasteiger partial charge in [-0.3, -0.25) is 14.5 Å². The lowest BCUT2D eigenvalue weighted by molar-refractivity contribution is -0.124. The van der Waals surface area contributed by atoms with Crippen LogP contribution in [0.25, 0.3) is 0 Å². The van der Waals surface area contributed by atoms with Crippen LogP contribution in [-0.4, -0.2) is 42.9 Å². The molecule has 5 heteroatoms. The van der Waals surface area contributed by atoms with Gasteiger partial charge in [0.1, 0.15) is 0 Å². The summed E-state index contributed by atoms with van der Waals surface area (Å²) >= 11 is 0. The van der Waals surface area contributed by atoms with Crippen LogP contribution in [0.2, 0.25) is 0 Å². The molecule has 0 radical (unpaired) electrons. The molecule has 1 saturated carbocycles. The Balaban J connectivity index is 1.77. The number of likely N-dealkylation sites (N-methyl/N-ethyl adjacent to an activating group) is 1. The van der Waals surface area contributed by atoms with Crippen LogP contribution in [0, 0.1) is 5.92 Å². The van der Waals surface area contributed by atoms with Gasteiger partial charge >= 0.3 is 0 Å². The summed E-state index contributed by atoms with van der Waals surface area (Å²) in [4.78, 5) is 26.2. The van der Waals surface area contributed by atoms with E-state index in [4.69, 9.17) is 0 Å². The number of benzene rings is 1. The van der Waals surface area contributed by atoms with Crippen molar-refractivity contribution in [2.75, 3.05) is 25.5 Å². The minimum absolute atomic E-state index is 0.00279. The number of aryl methyl sites for hydroxylation is 1. The van der Waals surface area contributed by atoms with Crippen molar-refractivity contribution in [3.05, 3.63) is 29.8 Å². The SMILES string of the molecule is CCc1ccccc1NC(=O)CN(C)CC(=O)N[C@H]1CCCC[C@H]1C. The maximum atomic E-state index is 12.2. The first-order valence-electron chi connectivity index (χ1n) is 9.35. The molecule has 1 aliphatic carbocycles. The van der Waals surface area contributed by atoms with E-state index in [1.165, 1.54) is 19.3 Å². The maximum Gasteiger partial charge on any atom is 0.238 e. The van der Waals surface area contributed by atoms with E-state index in [2.05, 4.69) is 24.5 Å². The first kappa shape index (κ1) is 19.4. The number of hydrogen-bond acceptors (Lipinski definition) is 3. The number of anilines is 1. The quantitative estimate of drug-likeness (QED) is 0.799. The molecule has 0 aliphatic heterocycles. The average molecular weight is 345 g/mol. The smallest absolute Gasteiger partial charge is 0.238 e. The zero-order chi connectivity index (χ0) is 18.2. The van der Waals surface area contributed by atoms with Gasteiger partial charge in [-0.15, -0.1) is 0 Å². The lowest BCUT2D eigenvalue weighted by Gasteiger charge is -2.30. The van der Waals surface area contributed by atoms with Gasteiger partial charge in [-0.2, -0.15) is 0 Å². The van der Waals surface area contributed by atoms with Gasteiger partial charge < -0.3 is 10.6 Å². The maximum absolute atomic E-state index is 12.2. The van der Waals surface area contributed by atoms with Gasteiger partial charge in [-0.1, -0.05) is 44.9 Å². The number of rotatable bonds is 7. The molecule has 0 heterocycles. The number of hydrogen-bond donors (Lipinski definition) is 2. The van der Waals surface area contributed by atoms with Crippen molar-refractivity contribution >= 4 is 17.5 Å². The van der Waals surface area contributed by atoms with Gasteiger partial charge in [-0.05, 0) is 43.9 Å². The second kappa shape index (κ2) is 9.56. The molecule has 1 fully saturated rings. The summed E-state index contributed by atoms with van der Waals surface area (Å²) in [5, 5.41) is 6.07. The van der Waals surface area contributed by atoms with E-state index in [0.29, 0.717) is 5.92 Å². The van der Waals surface area contributed by atoms with E-state index >= 15 is 0 Å². The highest BCUT2D eigenvalue weighted by atomic mass is 16.2. The van der Waals surface area contributed by atoms with Gasteiger partial charge in [0.2, 0.25) is 11.8 Å². The van der Waals surface area contributed by atoms with E-state index < -0.39 is 0 Å². The van der Waals surface area contributed by atoms with Gasteiger partial charge in [0.05, 0.1) is 13.1 Å². The van der Waals surface area contributed by atoms with Crippen molar-refractivity contribution in [1.82, 2.24) is 10.2 Å². The fraction of sp³-hybridized carbons (Fsp3) is 0.600. The Morgan fingerprint density at radius 2 is 1.80 bits per heavy atom. The second-order valence-corrected chi connectivity index (χ2v) is 7.17. The molecule has 1 aromatic rings. The number of carbonyl (C=O) groups excluding carboxylic acids is 2. The third-order valence-corrected chi connectivity index (χ3v) is 4.96. The van der Waals surface area contributed by atoms with Crippen LogP contribution in [0.15, 0.2) is 24.3 Å². The molecular formula is C20H31N3O2. The fourth-order valence-electron chi connectivity index (χ4n) is 3.47. The summed E-state index contributed by atoms with van der Waals surface area (Å²) in [6.07, 6.45) is 5.55. The molecule has 2 N–H and O–H groups in total. The molecule has 138 valence electrons. The first-order valence-corrected chi connectivity index (χ1v) is 9.35. The van der Waals surface area contributed by atoms with Crippen LogP contribution < -0.4 is 10.6 Å². The highest BCUT2D eigenvalue weighted by Gasteiger charge is 2.23. The van der Waals surface area contributed by atoms with Crippen molar-refractivity contribution in [2.45, 2.75) is 52.0 Å². The molecule has 0 unspecified atom stereocenters. The lowest BCUT2D eigenvalue weighted by atomic mass is 9.86. The lowest BCUT2D eigenvalue weighted by Crippen LogP contribution is -2.46. The number of carbonyl (C=O) groups is 2. The Bertz CT molecular complexity index is 588. The van der Waals surface area contributed by atoms with Crippen molar-refractivity contribution in [3.63, 3.8) is 0 Å². The minimum atomic E-state index is -0.0952. The van der Waals surface area contributed by atoms with Gasteiger partial charge in [0.25, 0.3) is 0 Å². The summed E-state index contributed by atoms with van der Waals surface area (Å²) in [5.41, 5.74) is 1.96. The molecule has 1 aliphatic rings. The van der Waals surface area contributed by atoms with Crippen LogP contribution in [0.4, 0.5) is 5.69 Å². The minimum Gasteiger partial charge on any atom is -0.352 e. The summed E-state index contributed by atoms with van der Waals surface area (Å²) in [7, 11) is 1.80. The molecule has 0 spiro atoms. The predicted molar refractivity (Wildman–Crippen MR) is 102 cm³/mol. The molecule has 5 nitrogen and oxygen atoms in total. The van der Waals surface area contributed by atoms with Crippen LogP contribution >= 0.6 is 0 Å². The van der Waals surface area contributed by atoms with E-state index in [9.17, 15) is 9.59 Å². The van der Waals surface area contributed by atoms with E-state index in [0.717, 1.165) is 24.1 Å². The molecular weight excluding hydrogens is 314 g/mol. The summed E-state index contributed by atoms with van der Waals surface area (Å²) in [5.74, 6) is 0.446. The van der Waals surface area contributed by atoms with Crippen molar-refractivity contribution in [3.8, 4) is 0 Å². The summed E-state index contributed by atoms with van der Waals surface area (Å²) < 4.78 is 0. The summed E-state index contributed by atoms with van der Waals surface area (Å²) in [6, 6.07) is 8.08. The zero-order valence-electron chi connectivity index (χ0n) is 15.7. The third-order valence-electron chi connectivity index (χ3n) is 4.96. The molecule has 1 aromatic carbocycles. The average Bonchev–Trinajstić information content (AvgIpc) is 2.57. The molecule has 2 amide bonds. The molecule has 0 saturated heterocycles. The van der Waals surface area contributed by atoms with E-state index in [1.54, 1.807) is 11.9 Å². The van der Waals surface area contributed by atoms with Crippen LogP contribution in [0.5, 0.6) is 0 Å². The van der Waals surface area contributed by atoms with Gasteiger partial charge in [-0.25, -0.2) is 0 Å². The normalized spacial score (nSPS) is 20.3. The largest absolute Gasteiger partial charge is 0.352 e. The highest BCUT2D eigenvalue weighted by Crippen LogP contribution is 2.23. The number of para-hydroxylation sites is 1. The molecule has 0 bridgehead atoms. The topological polar surface area (TPSA) is 61.4 Å². The Morgan fingerprint density at radius 1 is 1.12 bits per heavy atom. The van der Waals surface area contributed by atoms with E-state index in [1.807, 2.05) is 24.3 Å². The number of nitrogens with one attached hydrogen (secondary N) is 2. The van der Waals surface area contributed by atoms with Gasteiger partial charge in [0.15, 0.2) is 0 Å². The molecule has 2 rings (SSSR count). The highest BCUT2D eigenvalue weighted by molar-refractivity contribution is 5.93. The molecule has 0 aromatic heterocycles. The molecule has 25 heavy (non-hydrogen) atoms. The summed E-state index contributed by atoms with van der Waals surface area (Å²) in [6.45, 7) is 4.71. The Hall–Kier alpha value is -1.88. The Labute approximate surface area is 151 Å². The van der Waals surface area contributed by atoms with Gasteiger partial charge in [0, 0.05) is 11.7 Å². The first-order chi connectivity index (χ1) is 12.0. The zero-order valence-corrected chi connectivity index (χ0v) is 15.7. The number of amides is 2. The standard InChI is InChI=1S/C20H31N3O2/c1-4-16-10-6-8-12-18(16)22-20(25)14-23(3)13-19(24)21-17-11-7-5-9-15(17)2/h6,8,10,12,15,17H,4-5,7,9,11,13-14H2,1-3H3,(H,21,24)(H,22,25)/t15-,17+/m1/s1. The molecule has 2 atom stereocenters. The second-order valence-electron chi connectivity index (χ2n) is 7.17.